The van der Waals surface area contributed by atoms with E-state index in [-0.39, 0.29) is 17.3 Å². The fraction of sp³-hybridized carbons (Fsp3) is 0.500. The van der Waals surface area contributed by atoms with Gasteiger partial charge in [0.1, 0.15) is 5.54 Å². The van der Waals surface area contributed by atoms with Gasteiger partial charge in [0.05, 0.1) is 7.11 Å². The second-order valence-corrected chi connectivity index (χ2v) is 6.26. The Morgan fingerprint density at radius 1 is 1.29 bits per heavy atom. The number of fused-ring (bicyclic) bond motifs is 1. The predicted molar refractivity (Wildman–Crippen MR) is 75.5 cm³/mol. The SMILES string of the molecule is COC(=O)[C@@]1(N2C(=O)c3ccccc3[C@H]2OC)CC1(C)C. The average molecular weight is 289 g/mol. The molecule has 0 aromatic heterocycles. The Balaban J connectivity index is 2.11. The van der Waals surface area contributed by atoms with Crippen LogP contribution in [0.25, 0.3) is 0 Å². The van der Waals surface area contributed by atoms with Gasteiger partial charge in [-0.15, -0.1) is 0 Å². The molecule has 1 fully saturated rings. The minimum absolute atomic E-state index is 0.173. The van der Waals surface area contributed by atoms with Gasteiger partial charge in [-0.3, -0.25) is 9.69 Å². The van der Waals surface area contributed by atoms with Crippen LogP contribution in [0.3, 0.4) is 0 Å². The summed E-state index contributed by atoms with van der Waals surface area (Å²) in [6, 6.07) is 7.31. The molecule has 0 saturated heterocycles. The van der Waals surface area contributed by atoms with Crippen molar-refractivity contribution in [2.75, 3.05) is 14.2 Å². The van der Waals surface area contributed by atoms with Gasteiger partial charge in [-0.25, -0.2) is 4.79 Å². The van der Waals surface area contributed by atoms with Crippen molar-refractivity contribution >= 4 is 11.9 Å². The van der Waals surface area contributed by atoms with Crippen LogP contribution in [0.2, 0.25) is 0 Å². The number of esters is 1. The van der Waals surface area contributed by atoms with Crippen LogP contribution in [-0.2, 0) is 14.3 Å². The number of rotatable bonds is 3. The number of hydrogen-bond donors (Lipinski definition) is 0. The smallest absolute Gasteiger partial charge is 0.332 e. The highest BCUT2D eigenvalue weighted by atomic mass is 16.5. The number of carbonyl (C=O) groups excluding carboxylic acids is 2. The Morgan fingerprint density at radius 2 is 1.90 bits per heavy atom. The maximum Gasteiger partial charge on any atom is 0.332 e. The monoisotopic (exact) mass is 289 g/mol. The molecule has 1 aliphatic heterocycles. The maximum atomic E-state index is 12.8. The van der Waals surface area contributed by atoms with E-state index in [1.807, 2.05) is 32.0 Å². The van der Waals surface area contributed by atoms with Gasteiger partial charge in [-0.1, -0.05) is 32.0 Å². The Hall–Kier alpha value is -1.88. The normalized spacial score (nSPS) is 29.2. The molecule has 0 unspecified atom stereocenters. The molecule has 3 rings (SSSR count). The van der Waals surface area contributed by atoms with Crippen molar-refractivity contribution in [3.8, 4) is 0 Å². The molecule has 1 aromatic carbocycles. The summed E-state index contributed by atoms with van der Waals surface area (Å²) in [4.78, 5) is 26.7. The molecule has 5 heteroatoms. The summed E-state index contributed by atoms with van der Waals surface area (Å²) in [6.45, 7) is 3.93. The number of nitrogens with zero attached hydrogens (tertiary/aromatic N) is 1. The summed E-state index contributed by atoms with van der Waals surface area (Å²) in [6.07, 6.45) is 0.0290. The van der Waals surface area contributed by atoms with E-state index in [1.54, 1.807) is 18.1 Å². The molecule has 21 heavy (non-hydrogen) atoms. The van der Waals surface area contributed by atoms with Crippen molar-refractivity contribution in [2.24, 2.45) is 5.41 Å². The summed E-state index contributed by atoms with van der Waals surface area (Å²) in [5.41, 5.74) is 0.124. The first kappa shape index (κ1) is 14.1. The van der Waals surface area contributed by atoms with Crippen molar-refractivity contribution in [1.82, 2.24) is 4.90 Å². The van der Waals surface area contributed by atoms with Gasteiger partial charge in [-0.2, -0.15) is 0 Å². The van der Waals surface area contributed by atoms with Crippen molar-refractivity contribution in [1.29, 1.82) is 0 Å². The lowest BCUT2D eigenvalue weighted by Gasteiger charge is -2.33. The zero-order chi connectivity index (χ0) is 15.4. The topological polar surface area (TPSA) is 55.8 Å². The van der Waals surface area contributed by atoms with E-state index < -0.39 is 11.8 Å². The first-order valence-corrected chi connectivity index (χ1v) is 6.94. The number of hydrogen-bond acceptors (Lipinski definition) is 4. The van der Waals surface area contributed by atoms with Gasteiger partial charge >= 0.3 is 5.97 Å². The van der Waals surface area contributed by atoms with Crippen molar-refractivity contribution in [2.45, 2.75) is 32.0 Å². The van der Waals surface area contributed by atoms with Gasteiger partial charge in [0.25, 0.3) is 5.91 Å². The van der Waals surface area contributed by atoms with Crippen LogP contribution in [0.4, 0.5) is 0 Å². The molecule has 1 amide bonds. The Bertz CT molecular complexity index is 624. The van der Waals surface area contributed by atoms with E-state index in [0.717, 1.165) is 5.56 Å². The van der Waals surface area contributed by atoms with Crippen molar-refractivity contribution in [3.63, 3.8) is 0 Å². The van der Waals surface area contributed by atoms with Gasteiger partial charge in [0, 0.05) is 23.7 Å². The van der Waals surface area contributed by atoms with Crippen LogP contribution in [0.5, 0.6) is 0 Å². The largest absolute Gasteiger partial charge is 0.467 e. The summed E-state index contributed by atoms with van der Waals surface area (Å²) >= 11 is 0. The first-order valence-electron chi connectivity index (χ1n) is 6.94. The van der Waals surface area contributed by atoms with Crippen molar-refractivity contribution in [3.05, 3.63) is 35.4 Å². The molecule has 0 radical (unpaired) electrons. The molecule has 2 atom stereocenters. The zero-order valence-electron chi connectivity index (χ0n) is 12.7. The summed E-state index contributed by atoms with van der Waals surface area (Å²) in [5, 5.41) is 0. The maximum absolute atomic E-state index is 12.8. The Kier molecular flexibility index (Phi) is 2.89. The molecular weight excluding hydrogens is 270 g/mol. The first-order chi connectivity index (χ1) is 9.90. The van der Waals surface area contributed by atoms with Crippen LogP contribution in [0.15, 0.2) is 24.3 Å². The number of ether oxygens (including phenoxy) is 2. The molecule has 1 heterocycles. The van der Waals surface area contributed by atoms with Crippen LogP contribution in [0.1, 0.15) is 42.4 Å². The number of benzene rings is 1. The van der Waals surface area contributed by atoms with E-state index in [2.05, 4.69) is 0 Å². The third-order valence-electron chi connectivity index (χ3n) is 4.76. The fourth-order valence-electron chi connectivity index (χ4n) is 3.51. The van der Waals surface area contributed by atoms with E-state index in [4.69, 9.17) is 9.47 Å². The van der Waals surface area contributed by atoms with Crippen molar-refractivity contribution < 1.29 is 19.1 Å². The van der Waals surface area contributed by atoms with E-state index >= 15 is 0 Å². The summed E-state index contributed by atoms with van der Waals surface area (Å²) in [7, 11) is 2.90. The Morgan fingerprint density at radius 3 is 2.43 bits per heavy atom. The third-order valence-corrected chi connectivity index (χ3v) is 4.76. The Labute approximate surface area is 123 Å². The minimum atomic E-state index is -0.946. The molecular formula is C16H19NO4. The molecule has 1 aliphatic carbocycles. The molecule has 112 valence electrons. The standard InChI is InChI=1S/C16H19NO4/c1-15(2)9-16(15,14(19)21-4)17-12(18)10-7-5-6-8-11(10)13(17)20-3/h5-8,13H,9H2,1-4H3/t13-,16+/m1/s1. The van der Waals surface area contributed by atoms with E-state index in [9.17, 15) is 9.59 Å². The highest BCUT2D eigenvalue weighted by Crippen LogP contribution is 2.63. The zero-order valence-corrected chi connectivity index (χ0v) is 12.7. The lowest BCUT2D eigenvalue weighted by Crippen LogP contribution is -2.50. The minimum Gasteiger partial charge on any atom is -0.467 e. The van der Waals surface area contributed by atoms with Gasteiger partial charge in [0.2, 0.25) is 0 Å². The van der Waals surface area contributed by atoms with Gasteiger partial charge < -0.3 is 9.47 Å². The van der Waals surface area contributed by atoms with Crippen LogP contribution in [0, 0.1) is 5.41 Å². The second kappa shape index (κ2) is 4.31. The predicted octanol–water partition coefficient (Wildman–Crippen LogP) is 2.13. The third kappa shape index (κ3) is 1.61. The molecule has 1 aromatic rings. The molecule has 0 bridgehead atoms. The molecule has 1 saturated carbocycles. The summed E-state index contributed by atoms with van der Waals surface area (Å²) < 4.78 is 10.5. The summed E-state index contributed by atoms with van der Waals surface area (Å²) in [5.74, 6) is -0.552. The van der Waals surface area contributed by atoms with E-state index in [0.29, 0.717) is 12.0 Å². The molecule has 0 spiro atoms. The molecule has 0 N–H and O–H groups in total. The number of methoxy groups -OCH3 is 2. The van der Waals surface area contributed by atoms with Gasteiger partial charge in [0.15, 0.2) is 6.23 Å². The lowest BCUT2D eigenvalue weighted by atomic mass is 10.0. The highest BCUT2D eigenvalue weighted by Gasteiger charge is 2.74. The fourth-order valence-corrected chi connectivity index (χ4v) is 3.51. The van der Waals surface area contributed by atoms with Crippen LogP contribution >= 0.6 is 0 Å². The molecule has 2 aliphatic rings. The van der Waals surface area contributed by atoms with Gasteiger partial charge in [-0.05, 0) is 12.5 Å². The quantitative estimate of drug-likeness (QED) is 0.800. The second-order valence-electron chi connectivity index (χ2n) is 6.26. The van der Waals surface area contributed by atoms with E-state index in [1.165, 1.54) is 7.11 Å². The molecule has 5 nitrogen and oxygen atoms in total. The lowest BCUT2D eigenvalue weighted by molar-refractivity contribution is -0.155. The number of carbonyl (C=O) groups is 2. The highest BCUT2D eigenvalue weighted by molar-refractivity contribution is 6.03. The average Bonchev–Trinajstić information content (AvgIpc) is 2.93. The van der Waals surface area contributed by atoms with Crippen LogP contribution in [-0.4, -0.2) is 36.5 Å². The van der Waals surface area contributed by atoms with Crippen LogP contribution < -0.4 is 0 Å². The number of amides is 1.